The summed E-state index contributed by atoms with van der Waals surface area (Å²) in [7, 11) is 3.36. The van der Waals surface area contributed by atoms with E-state index in [2.05, 4.69) is 15.6 Å². The number of rotatable bonds is 5. The van der Waals surface area contributed by atoms with Crippen LogP contribution >= 0.6 is 24.0 Å². The average molecular weight is 379 g/mol. The first kappa shape index (κ1) is 17.8. The molecule has 1 rings (SSSR count). The predicted octanol–water partition coefficient (Wildman–Crippen LogP) is 2.72. The topological polar surface area (TPSA) is 54.9 Å². The van der Waals surface area contributed by atoms with E-state index in [0.717, 1.165) is 29.7 Å². The number of methoxy groups -OCH3 is 1. The molecule has 5 nitrogen and oxygen atoms in total. The number of benzene rings is 1. The van der Waals surface area contributed by atoms with Crippen molar-refractivity contribution >= 4 is 35.6 Å². The Morgan fingerprint density at radius 3 is 2.53 bits per heavy atom. The van der Waals surface area contributed by atoms with Crippen molar-refractivity contribution in [3.05, 3.63) is 18.2 Å². The van der Waals surface area contributed by atoms with Gasteiger partial charge in [0.25, 0.3) is 0 Å². The lowest BCUT2D eigenvalue weighted by molar-refractivity contribution is 0.311. The molecule has 0 saturated heterocycles. The van der Waals surface area contributed by atoms with Gasteiger partial charge in [0, 0.05) is 25.3 Å². The third kappa shape index (κ3) is 5.54. The lowest BCUT2D eigenvalue weighted by Gasteiger charge is -2.13. The van der Waals surface area contributed by atoms with Crippen LogP contribution in [0.4, 0.5) is 5.69 Å². The van der Waals surface area contributed by atoms with E-state index in [1.54, 1.807) is 14.2 Å². The van der Waals surface area contributed by atoms with Crippen molar-refractivity contribution in [2.24, 2.45) is 4.99 Å². The zero-order chi connectivity index (χ0) is 13.4. The number of halogens is 1. The van der Waals surface area contributed by atoms with Crippen LogP contribution in [-0.4, -0.2) is 33.3 Å². The molecule has 0 atom stereocenters. The van der Waals surface area contributed by atoms with Crippen LogP contribution in [0.2, 0.25) is 0 Å². The Morgan fingerprint density at radius 1 is 1.26 bits per heavy atom. The monoisotopic (exact) mass is 379 g/mol. The van der Waals surface area contributed by atoms with Gasteiger partial charge in [-0.1, -0.05) is 0 Å². The van der Waals surface area contributed by atoms with Gasteiger partial charge in [0.2, 0.25) is 0 Å². The maximum Gasteiger partial charge on any atom is 0.195 e. The Kier molecular flexibility index (Phi) is 9.11. The smallest absolute Gasteiger partial charge is 0.195 e. The summed E-state index contributed by atoms with van der Waals surface area (Å²) in [5.41, 5.74) is 0.904. The van der Waals surface area contributed by atoms with E-state index in [0.29, 0.717) is 6.61 Å². The molecule has 0 heterocycles. The molecule has 19 heavy (non-hydrogen) atoms. The predicted molar refractivity (Wildman–Crippen MR) is 90.2 cm³/mol. The van der Waals surface area contributed by atoms with E-state index in [-0.39, 0.29) is 24.0 Å². The summed E-state index contributed by atoms with van der Waals surface area (Å²) in [4.78, 5) is 4.11. The second-order valence-corrected chi connectivity index (χ2v) is 3.53. The van der Waals surface area contributed by atoms with Crippen LogP contribution in [0.15, 0.2) is 23.2 Å². The van der Waals surface area contributed by atoms with Gasteiger partial charge in [-0.2, -0.15) is 0 Å². The van der Waals surface area contributed by atoms with Gasteiger partial charge in [-0.25, -0.2) is 0 Å². The molecule has 0 amide bonds. The highest BCUT2D eigenvalue weighted by molar-refractivity contribution is 14.0. The van der Waals surface area contributed by atoms with Crippen molar-refractivity contribution in [2.45, 2.75) is 13.8 Å². The summed E-state index contributed by atoms with van der Waals surface area (Å²) in [6, 6.07) is 5.68. The lowest BCUT2D eigenvalue weighted by atomic mass is 10.2. The fraction of sp³-hybridized carbons (Fsp3) is 0.462. The Balaban J connectivity index is 0.00000324. The summed E-state index contributed by atoms with van der Waals surface area (Å²) < 4.78 is 10.8. The first-order valence-electron chi connectivity index (χ1n) is 6.03. The lowest BCUT2D eigenvalue weighted by Crippen LogP contribution is -2.30. The van der Waals surface area contributed by atoms with Crippen molar-refractivity contribution in [1.82, 2.24) is 5.32 Å². The van der Waals surface area contributed by atoms with Gasteiger partial charge in [0.15, 0.2) is 17.5 Å². The van der Waals surface area contributed by atoms with Crippen LogP contribution in [0, 0.1) is 0 Å². The molecular formula is C13H22IN3O2. The Bertz CT molecular complexity index is 411. The van der Waals surface area contributed by atoms with Gasteiger partial charge in [-0.05, 0) is 26.0 Å². The highest BCUT2D eigenvalue weighted by Crippen LogP contribution is 2.30. The Morgan fingerprint density at radius 2 is 2.00 bits per heavy atom. The van der Waals surface area contributed by atoms with Crippen molar-refractivity contribution in [2.75, 3.05) is 32.6 Å². The molecule has 0 saturated carbocycles. The van der Waals surface area contributed by atoms with E-state index >= 15 is 0 Å². The number of guanidine groups is 1. The van der Waals surface area contributed by atoms with Crippen LogP contribution < -0.4 is 20.1 Å². The fourth-order valence-corrected chi connectivity index (χ4v) is 1.51. The number of aliphatic imine (C=N–C) groups is 1. The number of nitrogens with zero attached hydrogens (tertiary/aromatic N) is 1. The molecule has 0 spiro atoms. The first-order chi connectivity index (χ1) is 8.74. The fourth-order valence-electron chi connectivity index (χ4n) is 1.51. The van der Waals surface area contributed by atoms with Gasteiger partial charge >= 0.3 is 0 Å². The normalized spacial score (nSPS) is 10.4. The quantitative estimate of drug-likeness (QED) is 0.469. The Hall–Kier alpha value is -1.18. The van der Waals surface area contributed by atoms with Crippen LogP contribution in [0.3, 0.4) is 0 Å². The van der Waals surface area contributed by atoms with Gasteiger partial charge < -0.3 is 20.1 Å². The van der Waals surface area contributed by atoms with E-state index in [1.165, 1.54) is 0 Å². The summed E-state index contributed by atoms with van der Waals surface area (Å²) in [5.74, 6) is 2.17. The summed E-state index contributed by atoms with van der Waals surface area (Å²) in [6.07, 6.45) is 0. The molecule has 1 aromatic rings. The third-order valence-corrected chi connectivity index (χ3v) is 2.29. The minimum Gasteiger partial charge on any atom is -0.493 e. The first-order valence-corrected chi connectivity index (χ1v) is 6.03. The largest absolute Gasteiger partial charge is 0.493 e. The minimum absolute atomic E-state index is 0. The van der Waals surface area contributed by atoms with Crippen molar-refractivity contribution in [3.63, 3.8) is 0 Å². The molecule has 0 aliphatic heterocycles. The van der Waals surface area contributed by atoms with E-state index in [9.17, 15) is 0 Å². The molecule has 0 radical (unpaired) electrons. The van der Waals surface area contributed by atoms with Crippen LogP contribution in [0.5, 0.6) is 11.5 Å². The van der Waals surface area contributed by atoms with E-state index in [4.69, 9.17) is 9.47 Å². The van der Waals surface area contributed by atoms with Crippen LogP contribution in [0.1, 0.15) is 13.8 Å². The van der Waals surface area contributed by atoms with Crippen molar-refractivity contribution in [1.29, 1.82) is 0 Å². The number of hydrogen-bond acceptors (Lipinski definition) is 3. The van der Waals surface area contributed by atoms with Crippen molar-refractivity contribution in [3.8, 4) is 11.5 Å². The third-order valence-electron chi connectivity index (χ3n) is 2.29. The molecule has 0 bridgehead atoms. The van der Waals surface area contributed by atoms with Gasteiger partial charge in [0.1, 0.15) is 0 Å². The number of ether oxygens (including phenoxy) is 2. The van der Waals surface area contributed by atoms with Gasteiger partial charge in [0.05, 0.1) is 13.7 Å². The second-order valence-electron chi connectivity index (χ2n) is 3.53. The summed E-state index contributed by atoms with van der Waals surface area (Å²) in [5, 5.41) is 6.31. The number of hydrogen-bond donors (Lipinski definition) is 2. The molecular weight excluding hydrogens is 357 g/mol. The van der Waals surface area contributed by atoms with Gasteiger partial charge in [-0.15, -0.1) is 24.0 Å². The van der Waals surface area contributed by atoms with E-state index < -0.39 is 0 Å². The maximum atomic E-state index is 5.52. The van der Waals surface area contributed by atoms with Gasteiger partial charge in [-0.3, -0.25) is 4.99 Å². The van der Waals surface area contributed by atoms with Crippen LogP contribution in [0.25, 0.3) is 0 Å². The highest BCUT2D eigenvalue weighted by atomic mass is 127. The SMILES string of the molecule is CCNC(=NC)Nc1ccc(OC)c(OCC)c1.I. The maximum absolute atomic E-state index is 5.52. The van der Waals surface area contributed by atoms with Crippen molar-refractivity contribution < 1.29 is 9.47 Å². The Labute approximate surface area is 131 Å². The number of anilines is 1. The second kappa shape index (κ2) is 9.71. The molecule has 0 fully saturated rings. The molecule has 6 heteroatoms. The minimum atomic E-state index is 0. The summed E-state index contributed by atoms with van der Waals surface area (Å²) in [6.45, 7) is 5.37. The highest BCUT2D eigenvalue weighted by Gasteiger charge is 2.06. The molecule has 0 aliphatic carbocycles. The molecule has 2 N–H and O–H groups in total. The molecule has 1 aromatic carbocycles. The summed E-state index contributed by atoms with van der Waals surface area (Å²) >= 11 is 0. The zero-order valence-electron chi connectivity index (χ0n) is 11.8. The number of nitrogens with one attached hydrogen (secondary N) is 2. The molecule has 0 unspecified atom stereocenters. The van der Waals surface area contributed by atoms with E-state index in [1.807, 2.05) is 32.0 Å². The average Bonchev–Trinajstić information content (AvgIpc) is 2.39. The van der Waals surface area contributed by atoms with Crippen LogP contribution in [-0.2, 0) is 0 Å². The molecule has 0 aromatic heterocycles. The standard InChI is InChI=1S/C13H21N3O2.HI/c1-5-15-13(14-3)16-10-7-8-11(17-4)12(9-10)18-6-2;/h7-9H,5-6H2,1-4H3,(H2,14,15,16);1H. The zero-order valence-corrected chi connectivity index (χ0v) is 14.1. The molecule has 108 valence electrons. The molecule has 0 aliphatic rings.